The van der Waals surface area contributed by atoms with Crippen molar-refractivity contribution >= 4 is 47.9 Å². The molecule has 4 atom stereocenters. The molecule has 0 bridgehead atoms. The number of imide groups is 1. The third-order valence-corrected chi connectivity index (χ3v) is 17.2. The Morgan fingerprint density at radius 2 is 1.57 bits per heavy atom. The summed E-state index contributed by atoms with van der Waals surface area (Å²) in [7, 11) is -3.01. The van der Waals surface area contributed by atoms with E-state index in [1.807, 2.05) is 86.8 Å². The van der Waals surface area contributed by atoms with Crippen molar-refractivity contribution in [1.29, 1.82) is 0 Å². The molecular weight excluding hydrogens is 711 g/mol. The lowest BCUT2D eigenvalue weighted by atomic mass is 9.68. The monoisotopic (exact) mass is 763 g/mol. The summed E-state index contributed by atoms with van der Waals surface area (Å²) in [4.78, 5) is 30.5. The first-order valence-corrected chi connectivity index (χ1v) is 21.7. The highest BCUT2D eigenvalue weighted by molar-refractivity contribution is 7.09. The summed E-state index contributed by atoms with van der Waals surface area (Å²) in [5.41, 5.74) is 5.05. The second kappa shape index (κ2) is 16.3. The minimum atomic E-state index is -3.01. The SMILES string of the molecule is C/C(=C\c1cc(C)c(O)c(C)c1)CC[C@@H](O)C1=C(CO[Si](c2ccccc2)(c2ccccc2)C(C)(C)C)C[C@H]2C(=O)N(Cc3cccs3)C(=O)[C@H]2[C@H]1CO. The number of hydrogen-bond donors (Lipinski definition) is 3. The van der Waals surface area contributed by atoms with Crippen LogP contribution < -0.4 is 10.4 Å². The van der Waals surface area contributed by atoms with Crippen LogP contribution in [0.4, 0.5) is 0 Å². The van der Waals surface area contributed by atoms with Crippen LogP contribution in [0.1, 0.15) is 68.5 Å². The van der Waals surface area contributed by atoms with Crippen molar-refractivity contribution < 1.29 is 29.3 Å². The molecule has 1 aromatic heterocycles. The molecule has 2 aliphatic rings. The molecule has 1 aliphatic carbocycles. The summed E-state index contributed by atoms with van der Waals surface area (Å²) in [6.45, 7) is 12.4. The van der Waals surface area contributed by atoms with Gasteiger partial charge in [-0.15, -0.1) is 11.3 Å². The van der Waals surface area contributed by atoms with E-state index < -0.39 is 32.2 Å². The van der Waals surface area contributed by atoms with E-state index in [0.717, 1.165) is 43.1 Å². The van der Waals surface area contributed by atoms with Crippen molar-refractivity contribution in [1.82, 2.24) is 4.90 Å². The molecule has 9 heteroatoms. The van der Waals surface area contributed by atoms with E-state index >= 15 is 0 Å². The van der Waals surface area contributed by atoms with Crippen LogP contribution in [0.25, 0.3) is 6.08 Å². The standard InChI is InChI=1S/C45H53NO6SSi/c1-29(22-32-23-30(2)42(49)31(3)24-32)19-20-39(48)40-33(25-37-41(38(40)27-47)44(51)46(43(37)50)26-34-14-13-21-53-34)28-52-54(45(4,5)6,35-15-9-7-10-16-35)36-17-11-8-12-18-36/h7-18,21-24,37-39,41,47-49H,19-20,25-28H2,1-6H3/b29-22+/t37-,38+,39-,41-/m1/s1. The quantitative estimate of drug-likeness (QED) is 0.0750. The fraction of sp³-hybridized carbons (Fsp3) is 0.378. The van der Waals surface area contributed by atoms with Gasteiger partial charge in [0.15, 0.2) is 0 Å². The van der Waals surface area contributed by atoms with Crippen molar-refractivity contribution in [3.63, 3.8) is 0 Å². The summed E-state index contributed by atoms with van der Waals surface area (Å²) in [6.07, 6.45) is 2.30. The van der Waals surface area contributed by atoms with E-state index in [0.29, 0.717) is 24.2 Å². The average Bonchev–Trinajstić information content (AvgIpc) is 3.75. The van der Waals surface area contributed by atoms with E-state index in [4.69, 9.17) is 4.43 Å². The zero-order valence-electron chi connectivity index (χ0n) is 32.2. The molecule has 0 unspecified atom stereocenters. The molecule has 3 N–H and O–H groups in total. The fourth-order valence-electron chi connectivity index (χ4n) is 8.78. The molecule has 1 saturated heterocycles. The smallest absolute Gasteiger partial charge is 0.261 e. The minimum Gasteiger partial charge on any atom is -0.507 e. The maximum Gasteiger partial charge on any atom is 0.261 e. The van der Waals surface area contributed by atoms with Crippen LogP contribution in [-0.4, -0.2) is 59.7 Å². The number of fused-ring (bicyclic) bond motifs is 1. The van der Waals surface area contributed by atoms with Gasteiger partial charge in [-0.2, -0.15) is 0 Å². The molecule has 6 rings (SSSR count). The normalized spacial score (nSPS) is 20.1. The van der Waals surface area contributed by atoms with Gasteiger partial charge in [0.2, 0.25) is 11.8 Å². The Morgan fingerprint density at radius 1 is 0.963 bits per heavy atom. The second-order valence-corrected chi connectivity index (χ2v) is 21.4. The number of rotatable bonds is 13. The van der Waals surface area contributed by atoms with E-state index in [2.05, 4.69) is 51.1 Å². The number of allylic oxidation sites excluding steroid dienone is 1. The summed E-state index contributed by atoms with van der Waals surface area (Å²) < 4.78 is 7.39. The van der Waals surface area contributed by atoms with Crippen molar-refractivity contribution in [2.24, 2.45) is 17.8 Å². The molecule has 54 heavy (non-hydrogen) atoms. The van der Waals surface area contributed by atoms with Crippen LogP contribution in [0.3, 0.4) is 0 Å². The molecule has 0 radical (unpaired) electrons. The first-order valence-electron chi connectivity index (χ1n) is 18.9. The molecule has 3 aromatic carbocycles. The molecule has 0 spiro atoms. The lowest BCUT2D eigenvalue weighted by molar-refractivity contribution is -0.140. The van der Waals surface area contributed by atoms with Gasteiger partial charge in [-0.1, -0.05) is 99.2 Å². The van der Waals surface area contributed by atoms with Gasteiger partial charge in [0.05, 0.1) is 37.7 Å². The first kappa shape index (κ1) is 39.6. The van der Waals surface area contributed by atoms with Crippen molar-refractivity contribution in [3.05, 3.63) is 129 Å². The van der Waals surface area contributed by atoms with Gasteiger partial charge < -0.3 is 19.7 Å². The number of thiophene rings is 1. The Bertz CT molecular complexity index is 1960. The largest absolute Gasteiger partial charge is 0.507 e. The highest BCUT2D eigenvalue weighted by Crippen LogP contribution is 2.47. The van der Waals surface area contributed by atoms with Crippen LogP contribution in [0, 0.1) is 31.6 Å². The summed E-state index contributed by atoms with van der Waals surface area (Å²) in [5, 5.41) is 37.4. The van der Waals surface area contributed by atoms with Crippen LogP contribution >= 0.6 is 11.3 Å². The summed E-state index contributed by atoms with van der Waals surface area (Å²) in [5.74, 6) is -2.36. The Balaban J connectivity index is 1.39. The maximum atomic E-state index is 14.1. The van der Waals surface area contributed by atoms with E-state index in [-0.39, 0.29) is 43.0 Å². The highest BCUT2D eigenvalue weighted by Gasteiger charge is 2.56. The van der Waals surface area contributed by atoms with Gasteiger partial charge in [-0.3, -0.25) is 14.5 Å². The second-order valence-electron chi connectivity index (χ2n) is 16.0. The number of carbonyl (C=O) groups excluding carboxylic acids is 2. The molecule has 7 nitrogen and oxygen atoms in total. The topological polar surface area (TPSA) is 107 Å². The van der Waals surface area contributed by atoms with Crippen LogP contribution in [-0.2, 0) is 20.6 Å². The number of nitrogens with zero attached hydrogens (tertiary/aromatic N) is 1. The number of hydrogen-bond acceptors (Lipinski definition) is 7. The third kappa shape index (κ3) is 7.70. The number of likely N-dealkylation sites (tertiary alicyclic amines) is 1. The molecular formula is C45H53NO6SSi. The molecule has 284 valence electrons. The number of benzene rings is 3. The molecule has 0 saturated carbocycles. The maximum absolute atomic E-state index is 14.1. The van der Waals surface area contributed by atoms with Gasteiger partial charge in [-0.25, -0.2) is 0 Å². The van der Waals surface area contributed by atoms with Gasteiger partial charge in [0.1, 0.15) is 5.75 Å². The minimum absolute atomic E-state index is 0.159. The van der Waals surface area contributed by atoms with Crippen molar-refractivity contribution in [2.75, 3.05) is 13.2 Å². The number of phenolic OH excluding ortho intramolecular Hbond substituents is 1. The number of amides is 2. The van der Waals surface area contributed by atoms with Crippen molar-refractivity contribution in [2.45, 2.75) is 78.5 Å². The number of aryl methyl sites for hydroxylation is 2. The number of aromatic hydroxyl groups is 1. The van der Waals surface area contributed by atoms with Crippen LogP contribution in [0.5, 0.6) is 5.75 Å². The van der Waals surface area contributed by atoms with Gasteiger partial charge >= 0.3 is 0 Å². The number of aliphatic hydroxyl groups excluding tert-OH is 2. The predicted molar refractivity (Wildman–Crippen MR) is 219 cm³/mol. The highest BCUT2D eigenvalue weighted by atomic mass is 32.1. The summed E-state index contributed by atoms with van der Waals surface area (Å²) in [6, 6.07) is 28.4. The van der Waals surface area contributed by atoms with Gasteiger partial charge in [0.25, 0.3) is 8.32 Å². The summed E-state index contributed by atoms with van der Waals surface area (Å²) >= 11 is 1.50. The Morgan fingerprint density at radius 3 is 2.11 bits per heavy atom. The van der Waals surface area contributed by atoms with E-state index in [1.165, 1.54) is 16.2 Å². The number of carbonyl (C=O) groups is 2. The number of aliphatic hydroxyl groups is 2. The van der Waals surface area contributed by atoms with E-state index in [1.54, 1.807) is 0 Å². The molecule has 2 heterocycles. The van der Waals surface area contributed by atoms with Crippen LogP contribution in [0.2, 0.25) is 5.04 Å². The zero-order chi connectivity index (χ0) is 38.8. The third-order valence-electron chi connectivity index (χ3n) is 11.3. The van der Waals surface area contributed by atoms with Crippen LogP contribution in [0.15, 0.2) is 107 Å². The molecule has 2 amide bonds. The lowest BCUT2D eigenvalue weighted by Gasteiger charge is -2.44. The molecule has 4 aromatic rings. The van der Waals surface area contributed by atoms with Gasteiger partial charge in [0, 0.05) is 10.8 Å². The molecule has 1 aliphatic heterocycles. The average molecular weight is 764 g/mol. The van der Waals surface area contributed by atoms with Crippen molar-refractivity contribution in [3.8, 4) is 5.75 Å². The molecule has 1 fully saturated rings. The Hall–Kier alpha value is -4.12. The predicted octanol–water partition coefficient (Wildman–Crippen LogP) is 7.30. The Labute approximate surface area is 324 Å². The fourth-order valence-corrected chi connectivity index (χ4v) is 14.0. The van der Waals surface area contributed by atoms with E-state index in [9.17, 15) is 24.9 Å². The zero-order valence-corrected chi connectivity index (χ0v) is 34.0. The van der Waals surface area contributed by atoms with Gasteiger partial charge in [-0.05, 0) is 107 Å². The Kier molecular flexibility index (Phi) is 12.0. The lowest BCUT2D eigenvalue weighted by Crippen LogP contribution is -2.66. The number of phenols is 1. The first-order chi connectivity index (χ1) is 25.8.